The molecule has 1 saturated carbocycles. The van der Waals surface area contributed by atoms with Crippen molar-refractivity contribution in [1.82, 2.24) is 0 Å². The Hall–Kier alpha value is -0.600. The molecule has 0 aromatic rings. The predicted molar refractivity (Wildman–Crippen MR) is 47.7 cm³/mol. The summed E-state index contributed by atoms with van der Waals surface area (Å²) >= 11 is 0. The Labute approximate surface area is 78.1 Å². The number of hydrogen-bond acceptors (Lipinski definition) is 4. The molecule has 0 aromatic heterocycles. The molecule has 74 valence electrons. The lowest BCUT2D eigenvalue weighted by atomic mass is 9.86. The Bertz CT molecular complexity index is 320. The fraction of sp³-hybridized carbons (Fsp3) is 0.875. The van der Waals surface area contributed by atoms with Gasteiger partial charge in [0.15, 0.2) is 5.60 Å². The topological polar surface area (TPSA) is 78.2 Å². The first-order valence-corrected chi connectivity index (χ1v) is 6.15. The van der Waals surface area contributed by atoms with Crippen LogP contribution < -0.4 is 0 Å². The molecular weight excluding hydrogens is 190 g/mol. The summed E-state index contributed by atoms with van der Waals surface area (Å²) in [7, 11) is -3.00. The number of nitrogens with zero attached hydrogens (tertiary/aromatic N) is 1. The minimum absolute atomic E-state index is 0.265. The molecule has 13 heavy (non-hydrogen) atoms. The molecule has 0 aliphatic heterocycles. The zero-order valence-corrected chi connectivity index (χ0v) is 8.34. The van der Waals surface area contributed by atoms with E-state index in [4.69, 9.17) is 5.26 Å². The summed E-state index contributed by atoms with van der Waals surface area (Å²) in [5.41, 5.74) is -1.29. The summed E-state index contributed by atoms with van der Waals surface area (Å²) in [5.74, 6) is 0. The molecule has 0 heterocycles. The quantitative estimate of drug-likeness (QED) is 0.619. The summed E-state index contributed by atoms with van der Waals surface area (Å²) in [6.45, 7) is 0. The summed E-state index contributed by atoms with van der Waals surface area (Å²) in [4.78, 5) is 0. The van der Waals surface area contributed by atoms with Gasteiger partial charge in [0.05, 0.1) is 11.3 Å². The molecule has 1 aliphatic rings. The highest BCUT2D eigenvalue weighted by Gasteiger charge is 2.36. The van der Waals surface area contributed by atoms with Crippen LogP contribution in [0.4, 0.5) is 0 Å². The van der Waals surface area contributed by atoms with Crippen LogP contribution in [0, 0.1) is 11.3 Å². The van der Waals surface area contributed by atoms with E-state index in [2.05, 4.69) is 0 Å². The monoisotopic (exact) mass is 203 g/mol. The van der Waals surface area contributed by atoms with Gasteiger partial charge < -0.3 is 5.11 Å². The maximum Gasteiger partial charge on any atom is 0.151 e. The molecule has 0 radical (unpaired) electrons. The Morgan fingerprint density at radius 3 is 2.23 bits per heavy atom. The van der Waals surface area contributed by atoms with Crippen LogP contribution in [0.15, 0.2) is 0 Å². The number of rotatable bonds is 1. The SMILES string of the molecule is CS(=O)(=O)C1CCC(O)(C#N)CC1. The van der Waals surface area contributed by atoms with Crippen molar-refractivity contribution in [1.29, 1.82) is 5.26 Å². The number of hydrogen-bond donors (Lipinski definition) is 1. The Balaban J connectivity index is 2.65. The first kappa shape index (κ1) is 10.5. The van der Waals surface area contributed by atoms with E-state index >= 15 is 0 Å². The van der Waals surface area contributed by atoms with Crippen molar-refractivity contribution in [3.8, 4) is 6.07 Å². The van der Waals surface area contributed by atoms with E-state index in [0.717, 1.165) is 0 Å². The molecule has 0 bridgehead atoms. The summed E-state index contributed by atoms with van der Waals surface area (Å²) in [5, 5.41) is 17.7. The molecule has 0 saturated heterocycles. The Morgan fingerprint density at radius 1 is 1.46 bits per heavy atom. The van der Waals surface area contributed by atoms with E-state index in [1.54, 1.807) is 0 Å². The molecule has 0 unspecified atom stereocenters. The summed E-state index contributed by atoms with van der Waals surface area (Å²) in [6.07, 6.45) is 2.52. The molecule has 4 nitrogen and oxygen atoms in total. The Morgan fingerprint density at radius 2 is 1.92 bits per heavy atom. The van der Waals surface area contributed by atoms with Gasteiger partial charge >= 0.3 is 0 Å². The lowest BCUT2D eigenvalue weighted by Gasteiger charge is -2.29. The third-order valence-electron chi connectivity index (χ3n) is 2.57. The third kappa shape index (κ3) is 2.42. The number of nitriles is 1. The van der Waals surface area contributed by atoms with Crippen molar-refractivity contribution in [2.24, 2.45) is 0 Å². The summed E-state index contributed by atoms with van der Waals surface area (Å²) < 4.78 is 22.2. The highest BCUT2D eigenvalue weighted by atomic mass is 32.2. The van der Waals surface area contributed by atoms with E-state index < -0.39 is 15.4 Å². The van der Waals surface area contributed by atoms with Crippen LogP contribution in [0.3, 0.4) is 0 Å². The van der Waals surface area contributed by atoms with E-state index in [-0.39, 0.29) is 18.1 Å². The number of aliphatic hydroxyl groups is 1. The van der Waals surface area contributed by atoms with Crippen LogP contribution in [0.5, 0.6) is 0 Å². The van der Waals surface area contributed by atoms with Crippen LogP contribution in [0.1, 0.15) is 25.7 Å². The van der Waals surface area contributed by atoms with Crippen LogP contribution in [0.25, 0.3) is 0 Å². The molecule has 0 aromatic carbocycles. The lowest BCUT2D eigenvalue weighted by molar-refractivity contribution is 0.0599. The zero-order valence-electron chi connectivity index (χ0n) is 7.52. The highest BCUT2D eigenvalue weighted by molar-refractivity contribution is 7.91. The molecule has 1 aliphatic carbocycles. The lowest BCUT2D eigenvalue weighted by Crippen LogP contribution is -2.36. The van der Waals surface area contributed by atoms with E-state index in [1.165, 1.54) is 6.26 Å². The largest absolute Gasteiger partial charge is 0.375 e. The average Bonchev–Trinajstić information content (AvgIpc) is 2.04. The third-order valence-corrected chi connectivity index (χ3v) is 4.26. The second-order valence-electron chi connectivity index (χ2n) is 3.67. The predicted octanol–water partition coefficient (Wildman–Crippen LogP) is 0.228. The zero-order chi connectivity index (χ0) is 10.1. The van der Waals surface area contributed by atoms with Crippen molar-refractivity contribution in [3.05, 3.63) is 0 Å². The second kappa shape index (κ2) is 3.28. The van der Waals surface area contributed by atoms with Gasteiger partial charge in [-0.2, -0.15) is 5.26 Å². The first-order chi connectivity index (χ1) is 5.87. The molecule has 1 rings (SSSR count). The van der Waals surface area contributed by atoms with Gasteiger partial charge in [0.25, 0.3) is 0 Å². The van der Waals surface area contributed by atoms with Crippen LogP contribution >= 0.6 is 0 Å². The van der Waals surface area contributed by atoms with Crippen LogP contribution in [0.2, 0.25) is 0 Å². The molecule has 0 amide bonds. The van der Waals surface area contributed by atoms with Crippen molar-refractivity contribution in [3.63, 3.8) is 0 Å². The fourth-order valence-electron chi connectivity index (χ4n) is 1.61. The van der Waals surface area contributed by atoms with Gasteiger partial charge in [0, 0.05) is 6.26 Å². The molecule has 1 N–H and O–H groups in total. The maximum atomic E-state index is 11.1. The van der Waals surface area contributed by atoms with Gasteiger partial charge in [-0.15, -0.1) is 0 Å². The van der Waals surface area contributed by atoms with Gasteiger partial charge in [-0.05, 0) is 25.7 Å². The average molecular weight is 203 g/mol. The van der Waals surface area contributed by atoms with Crippen molar-refractivity contribution >= 4 is 9.84 Å². The molecule has 5 heteroatoms. The van der Waals surface area contributed by atoms with Crippen molar-refractivity contribution in [2.75, 3.05) is 6.26 Å². The first-order valence-electron chi connectivity index (χ1n) is 4.20. The van der Waals surface area contributed by atoms with Gasteiger partial charge in [-0.3, -0.25) is 0 Å². The van der Waals surface area contributed by atoms with Gasteiger partial charge in [-0.1, -0.05) is 0 Å². The van der Waals surface area contributed by atoms with Crippen LogP contribution in [-0.2, 0) is 9.84 Å². The van der Waals surface area contributed by atoms with Gasteiger partial charge in [0.2, 0.25) is 0 Å². The summed E-state index contributed by atoms with van der Waals surface area (Å²) in [6, 6.07) is 1.81. The smallest absolute Gasteiger partial charge is 0.151 e. The van der Waals surface area contributed by atoms with Crippen molar-refractivity contribution < 1.29 is 13.5 Å². The fourth-order valence-corrected chi connectivity index (χ4v) is 2.70. The second-order valence-corrected chi connectivity index (χ2v) is 6.00. The van der Waals surface area contributed by atoms with Gasteiger partial charge in [-0.25, -0.2) is 8.42 Å². The maximum absolute atomic E-state index is 11.1. The minimum atomic E-state index is -3.00. The molecular formula is C8H13NO3S. The van der Waals surface area contributed by atoms with E-state index in [1.807, 2.05) is 6.07 Å². The van der Waals surface area contributed by atoms with Crippen molar-refractivity contribution in [2.45, 2.75) is 36.5 Å². The molecule has 1 fully saturated rings. The standard InChI is InChI=1S/C8H13NO3S/c1-13(11,12)7-2-4-8(10,6-9)5-3-7/h7,10H,2-5H2,1H3. The highest BCUT2D eigenvalue weighted by Crippen LogP contribution is 2.30. The normalized spacial score (nSPS) is 35.3. The van der Waals surface area contributed by atoms with Crippen LogP contribution in [-0.4, -0.2) is 30.6 Å². The van der Waals surface area contributed by atoms with E-state index in [0.29, 0.717) is 12.8 Å². The van der Waals surface area contributed by atoms with E-state index in [9.17, 15) is 13.5 Å². The number of sulfone groups is 1. The molecule has 0 atom stereocenters. The van der Waals surface area contributed by atoms with Gasteiger partial charge in [0.1, 0.15) is 9.84 Å². The minimum Gasteiger partial charge on any atom is -0.375 e. The Kier molecular flexibility index (Phi) is 2.64. The molecule has 0 spiro atoms.